The van der Waals surface area contributed by atoms with Crippen LogP contribution in [-0.4, -0.2) is 13.4 Å². The first-order valence-electron chi connectivity index (χ1n) is 10.5. The van der Waals surface area contributed by atoms with Crippen LogP contribution in [-0.2, 0) is 10.0 Å². The molecule has 0 saturated heterocycles. The van der Waals surface area contributed by atoms with Crippen LogP contribution in [0.15, 0.2) is 112 Å². The molecule has 0 spiro atoms. The summed E-state index contributed by atoms with van der Waals surface area (Å²) in [7, 11) is -3.93. The van der Waals surface area contributed by atoms with Crippen molar-refractivity contribution in [2.75, 3.05) is 0 Å². The number of aromatic nitrogens is 1. The number of nitrogens with one attached hydrogen (secondary N) is 1. The van der Waals surface area contributed by atoms with Crippen molar-refractivity contribution in [3.05, 3.63) is 114 Å². The average Bonchev–Trinajstić information content (AvgIpc) is 3.16. The van der Waals surface area contributed by atoms with Crippen LogP contribution >= 0.6 is 0 Å². The Labute approximate surface area is 192 Å². The molecule has 6 heteroatoms. The van der Waals surface area contributed by atoms with Gasteiger partial charge in [-0.3, -0.25) is 0 Å². The number of H-pyrrole nitrogens is 1. The molecule has 0 bridgehead atoms. The molecule has 162 valence electrons. The van der Waals surface area contributed by atoms with E-state index in [-0.39, 0.29) is 4.90 Å². The van der Waals surface area contributed by atoms with E-state index in [2.05, 4.69) is 26.8 Å². The van der Waals surface area contributed by atoms with Crippen molar-refractivity contribution >= 4 is 32.6 Å². The maximum atomic E-state index is 12.8. The molecule has 1 heterocycles. The van der Waals surface area contributed by atoms with Gasteiger partial charge in [0.25, 0.3) is 10.0 Å². The summed E-state index contributed by atoms with van der Waals surface area (Å²) in [6, 6.07) is 28.2. The molecule has 2 aliphatic rings. The number of sulfonamides is 1. The van der Waals surface area contributed by atoms with E-state index in [0.717, 1.165) is 38.7 Å². The Kier molecular flexibility index (Phi) is 5.36. The predicted octanol–water partition coefficient (Wildman–Crippen LogP) is 6.92. The monoisotopic (exact) mass is 451 g/mol. The molecule has 5 nitrogen and oxygen atoms in total. The molecular formula is C27H21N3O2S. The standard InChI is InChI=1S/C27H21N3O2S/c1-19-13-15-21(16-14-19)33(31,32)30-29-26(20-8-3-2-4-9-20)18-25-22-10-5-6-11-23(22)27-24(25)12-7-17-28-27/h2-18,28H,1H3/b26-18-,30-29?. The lowest BCUT2D eigenvalue weighted by Crippen LogP contribution is -1.96. The lowest BCUT2D eigenvalue weighted by molar-refractivity contribution is 0.595. The van der Waals surface area contributed by atoms with Crippen LogP contribution in [0.1, 0.15) is 16.7 Å². The number of rotatable bonds is 5. The third kappa shape index (κ3) is 4.08. The van der Waals surface area contributed by atoms with Gasteiger partial charge >= 0.3 is 0 Å². The van der Waals surface area contributed by atoms with Gasteiger partial charge in [0.2, 0.25) is 0 Å². The van der Waals surface area contributed by atoms with Gasteiger partial charge in [-0.15, -0.1) is 5.11 Å². The van der Waals surface area contributed by atoms with Gasteiger partial charge in [-0.05, 0) is 42.1 Å². The number of pyridine rings is 1. The fraction of sp³-hybridized carbons (Fsp3) is 0.0370. The van der Waals surface area contributed by atoms with Gasteiger partial charge in [-0.25, -0.2) is 0 Å². The third-order valence-electron chi connectivity index (χ3n) is 5.56. The van der Waals surface area contributed by atoms with Crippen molar-refractivity contribution in [3.63, 3.8) is 0 Å². The third-order valence-corrected chi connectivity index (χ3v) is 6.72. The van der Waals surface area contributed by atoms with Crippen molar-refractivity contribution < 1.29 is 8.42 Å². The van der Waals surface area contributed by atoms with Gasteiger partial charge in [0.1, 0.15) is 0 Å². The number of nitrogens with zero attached hydrogens (tertiary/aromatic N) is 2. The van der Waals surface area contributed by atoms with E-state index in [1.807, 2.05) is 73.8 Å². The summed E-state index contributed by atoms with van der Waals surface area (Å²) in [6.45, 7) is 1.90. The maximum absolute atomic E-state index is 12.8. The zero-order chi connectivity index (χ0) is 22.8. The van der Waals surface area contributed by atoms with E-state index in [0.29, 0.717) is 5.70 Å². The van der Waals surface area contributed by atoms with Crippen molar-refractivity contribution in [1.82, 2.24) is 4.98 Å². The van der Waals surface area contributed by atoms with Crippen molar-refractivity contribution in [1.29, 1.82) is 0 Å². The fourth-order valence-corrected chi connectivity index (χ4v) is 4.66. The minimum absolute atomic E-state index is 0.114. The number of benzene rings is 3. The number of hydrogen-bond donors (Lipinski definition) is 1. The summed E-state index contributed by atoms with van der Waals surface area (Å²) < 4.78 is 29.4. The summed E-state index contributed by atoms with van der Waals surface area (Å²) in [5, 5.41) is 6.39. The highest BCUT2D eigenvalue weighted by Crippen LogP contribution is 2.39. The average molecular weight is 452 g/mol. The van der Waals surface area contributed by atoms with Gasteiger partial charge in [-0.2, -0.15) is 8.42 Å². The number of fused-ring (bicyclic) bond motifs is 3. The summed E-state index contributed by atoms with van der Waals surface area (Å²) in [5.41, 5.74) is 5.23. The van der Waals surface area contributed by atoms with E-state index < -0.39 is 10.0 Å². The zero-order valence-electron chi connectivity index (χ0n) is 17.9. The van der Waals surface area contributed by atoms with Gasteiger partial charge in [0, 0.05) is 22.7 Å². The first kappa shape index (κ1) is 20.8. The second-order valence-electron chi connectivity index (χ2n) is 7.78. The van der Waals surface area contributed by atoms with Crippen molar-refractivity contribution in [2.45, 2.75) is 11.8 Å². The summed E-state index contributed by atoms with van der Waals surface area (Å²) in [5.74, 6) is 0. The molecule has 0 fully saturated rings. The van der Waals surface area contributed by atoms with Gasteiger partial charge in [-0.1, -0.05) is 82.9 Å². The molecule has 1 aliphatic carbocycles. The van der Waals surface area contributed by atoms with Gasteiger partial charge in [0.15, 0.2) is 0 Å². The fourth-order valence-electron chi connectivity index (χ4n) is 3.89. The molecule has 3 aromatic rings. The van der Waals surface area contributed by atoms with E-state index in [9.17, 15) is 8.42 Å². The van der Waals surface area contributed by atoms with E-state index >= 15 is 0 Å². The molecule has 0 radical (unpaired) electrons. The molecule has 0 amide bonds. The summed E-state index contributed by atoms with van der Waals surface area (Å²) >= 11 is 0. The summed E-state index contributed by atoms with van der Waals surface area (Å²) in [4.78, 5) is 3.44. The highest BCUT2D eigenvalue weighted by molar-refractivity contribution is 7.90. The van der Waals surface area contributed by atoms with Crippen LogP contribution < -0.4 is 0 Å². The molecule has 0 aromatic heterocycles. The number of aromatic amines is 1. The second kappa shape index (κ2) is 8.48. The van der Waals surface area contributed by atoms with E-state index in [4.69, 9.17) is 0 Å². The van der Waals surface area contributed by atoms with E-state index in [1.165, 1.54) is 0 Å². The quantitative estimate of drug-likeness (QED) is 0.295. The largest absolute Gasteiger partial charge is 0.361 e. The molecule has 0 unspecified atom stereocenters. The van der Waals surface area contributed by atoms with Crippen LogP contribution in [0.3, 0.4) is 0 Å². The minimum Gasteiger partial charge on any atom is -0.361 e. The van der Waals surface area contributed by atoms with Crippen LogP contribution in [0.25, 0.3) is 33.8 Å². The Balaban J connectivity index is 1.67. The lowest BCUT2D eigenvalue weighted by Gasteiger charge is -2.04. The maximum Gasteiger partial charge on any atom is 0.299 e. The van der Waals surface area contributed by atoms with Crippen LogP contribution in [0.5, 0.6) is 0 Å². The smallest absolute Gasteiger partial charge is 0.299 e. The summed E-state index contributed by atoms with van der Waals surface area (Å²) in [6.07, 6.45) is 3.80. The lowest BCUT2D eigenvalue weighted by atomic mass is 10.1. The van der Waals surface area contributed by atoms with Crippen LogP contribution in [0, 0.1) is 6.92 Å². The molecule has 1 aliphatic heterocycles. The number of hydrogen-bond acceptors (Lipinski definition) is 3. The minimum atomic E-state index is -3.93. The van der Waals surface area contributed by atoms with Crippen LogP contribution in [0.2, 0.25) is 0 Å². The van der Waals surface area contributed by atoms with E-state index in [1.54, 1.807) is 24.3 Å². The highest BCUT2D eigenvalue weighted by Gasteiger charge is 2.18. The topological polar surface area (TPSA) is 74.7 Å². The molecule has 0 saturated carbocycles. The number of aryl methyl sites for hydroxylation is 1. The predicted molar refractivity (Wildman–Crippen MR) is 132 cm³/mol. The molecule has 3 aromatic carbocycles. The first-order valence-corrected chi connectivity index (χ1v) is 12.0. The van der Waals surface area contributed by atoms with Crippen molar-refractivity contribution in [3.8, 4) is 11.3 Å². The first-order chi connectivity index (χ1) is 16.0. The zero-order valence-corrected chi connectivity index (χ0v) is 18.8. The highest BCUT2D eigenvalue weighted by atomic mass is 32.2. The SMILES string of the molecule is Cc1ccc(S(=O)(=O)N=N/C(=C\c2c3ccc[nH]c-3c3ccccc23)c2ccccc2)cc1. The van der Waals surface area contributed by atoms with Gasteiger partial charge in [0.05, 0.1) is 16.3 Å². The Morgan fingerprint density at radius 3 is 2.27 bits per heavy atom. The Hall–Kier alpha value is -4.03. The van der Waals surface area contributed by atoms with Crippen LogP contribution in [0.4, 0.5) is 0 Å². The molecule has 0 atom stereocenters. The normalized spacial score (nSPS) is 12.7. The Morgan fingerprint density at radius 1 is 0.818 bits per heavy atom. The Bertz CT molecular complexity index is 1570. The second-order valence-corrected chi connectivity index (χ2v) is 9.37. The Morgan fingerprint density at radius 2 is 1.52 bits per heavy atom. The van der Waals surface area contributed by atoms with Crippen molar-refractivity contribution in [2.24, 2.45) is 9.63 Å². The molecule has 5 rings (SSSR count). The molecular weight excluding hydrogens is 430 g/mol. The molecule has 1 N–H and O–H groups in total. The molecule has 33 heavy (non-hydrogen) atoms. The van der Waals surface area contributed by atoms with Gasteiger partial charge < -0.3 is 4.98 Å².